The van der Waals surface area contributed by atoms with Crippen LogP contribution < -0.4 is 10.1 Å². The van der Waals surface area contributed by atoms with Crippen molar-refractivity contribution in [2.75, 3.05) is 18.5 Å². The molecule has 3 rings (SSSR count). The van der Waals surface area contributed by atoms with Crippen molar-refractivity contribution in [3.05, 3.63) is 54.1 Å². The summed E-state index contributed by atoms with van der Waals surface area (Å²) in [5.41, 5.74) is 1.07. The fraction of sp³-hybridized carbons (Fsp3) is 0.458. The van der Waals surface area contributed by atoms with Crippen LogP contribution in [0.5, 0.6) is 5.75 Å². The van der Waals surface area contributed by atoms with Gasteiger partial charge in [-0.05, 0) is 74.2 Å². The van der Waals surface area contributed by atoms with Crippen LogP contribution in [-0.4, -0.2) is 37.8 Å². The third-order valence-corrected chi connectivity index (χ3v) is 7.61. The van der Waals surface area contributed by atoms with Crippen LogP contribution in [-0.2, 0) is 10.0 Å². The summed E-state index contributed by atoms with van der Waals surface area (Å²) >= 11 is 0. The van der Waals surface area contributed by atoms with Gasteiger partial charge in [0.25, 0.3) is 5.91 Å². The predicted octanol–water partition coefficient (Wildman–Crippen LogP) is 5.07. The van der Waals surface area contributed by atoms with E-state index in [4.69, 9.17) is 4.74 Å². The molecule has 1 heterocycles. The number of hydrogen-bond donors (Lipinski definition) is 1. The molecule has 0 aromatic heterocycles. The molecular formula is C24H32N2O4S. The minimum absolute atomic E-state index is 0.0621. The van der Waals surface area contributed by atoms with Gasteiger partial charge >= 0.3 is 0 Å². The van der Waals surface area contributed by atoms with E-state index in [1.165, 1.54) is 0 Å². The van der Waals surface area contributed by atoms with Crippen LogP contribution in [0.1, 0.15) is 62.7 Å². The number of ether oxygens (including phenoxy) is 1. The van der Waals surface area contributed by atoms with E-state index in [-0.39, 0.29) is 16.8 Å². The molecule has 1 aliphatic rings. The maximum atomic E-state index is 13.1. The Bertz CT molecular complexity index is 956. The van der Waals surface area contributed by atoms with Crippen LogP contribution >= 0.6 is 0 Å². The predicted molar refractivity (Wildman–Crippen MR) is 123 cm³/mol. The van der Waals surface area contributed by atoms with E-state index in [0.717, 1.165) is 44.3 Å². The van der Waals surface area contributed by atoms with Crippen LogP contribution in [0.25, 0.3) is 0 Å². The van der Waals surface area contributed by atoms with Gasteiger partial charge in [0.15, 0.2) is 0 Å². The van der Waals surface area contributed by atoms with Crippen LogP contribution in [0.3, 0.4) is 0 Å². The van der Waals surface area contributed by atoms with Gasteiger partial charge in [-0.25, -0.2) is 8.42 Å². The van der Waals surface area contributed by atoms with Gasteiger partial charge in [-0.1, -0.05) is 26.7 Å². The maximum absolute atomic E-state index is 13.1. The first-order chi connectivity index (χ1) is 15.0. The second kappa shape index (κ2) is 10.8. The molecule has 1 atom stereocenters. The van der Waals surface area contributed by atoms with E-state index in [9.17, 15) is 13.2 Å². The molecule has 1 saturated heterocycles. The Morgan fingerprint density at radius 2 is 1.77 bits per heavy atom. The smallest absolute Gasteiger partial charge is 0.255 e. The molecule has 6 nitrogen and oxygen atoms in total. The summed E-state index contributed by atoms with van der Waals surface area (Å²) in [4.78, 5) is 12.8. The molecule has 168 valence electrons. The zero-order valence-electron chi connectivity index (χ0n) is 18.3. The normalized spacial score (nSPS) is 17.3. The molecule has 1 N–H and O–H groups in total. The summed E-state index contributed by atoms with van der Waals surface area (Å²) in [5.74, 6) is 0.487. The van der Waals surface area contributed by atoms with Crippen molar-refractivity contribution in [3.8, 4) is 5.75 Å². The minimum atomic E-state index is -3.53. The second-order valence-electron chi connectivity index (χ2n) is 7.88. The monoisotopic (exact) mass is 444 g/mol. The van der Waals surface area contributed by atoms with Crippen molar-refractivity contribution < 1.29 is 17.9 Å². The average molecular weight is 445 g/mol. The molecule has 0 spiro atoms. The van der Waals surface area contributed by atoms with Crippen LogP contribution in [0, 0.1) is 0 Å². The van der Waals surface area contributed by atoms with Crippen molar-refractivity contribution in [1.29, 1.82) is 0 Å². The molecule has 7 heteroatoms. The first-order valence-electron chi connectivity index (χ1n) is 11.1. The van der Waals surface area contributed by atoms with Gasteiger partial charge in [0.1, 0.15) is 5.75 Å². The van der Waals surface area contributed by atoms with Crippen molar-refractivity contribution in [1.82, 2.24) is 4.31 Å². The molecule has 0 aliphatic carbocycles. The first-order valence-corrected chi connectivity index (χ1v) is 12.6. The fourth-order valence-electron chi connectivity index (χ4n) is 3.78. The minimum Gasteiger partial charge on any atom is -0.494 e. The fourth-order valence-corrected chi connectivity index (χ4v) is 5.55. The summed E-state index contributed by atoms with van der Waals surface area (Å²) < 4.78 is 33.4. The number of sulfonamides is 1. The molecule has 1 fully saturated rings. The van der Waals surface area contributed by atoms with Gasteiger partial charge in [-0.2, -0.15) is 4.31 Å². The molecule has 2 aromatic carbocycles. The topological polar surface area (TPSA) is 75.7 Å². The Morgan fingerprint density at radius 1 is 1.06 bits per heavy atom. The number of hydrogen-bond acceptors (Lipinski definition) is 4. The molecular weight excluding hydrogens is 412 g/mol. The summed E-state index contributed by atoms with van der Waals surface area (Å²) in [6.45, 7) is 5.36. The molecule has 2 aromatic rings. The zero-order chi connectivity index (χ0) is 22.3. The Morgan fingerprint density at radius 3 is 2.42 bits per heavy atom. The maximum Gasteiger partial charge on any atom is 0.255 e. The Labute approximate surface area is 185 Å². The SMILES string of the molecule is CCCCOc1ccc(C(=O)Nc2ccc(S(=O)(=O)N3CCCC[C@@H]3CC)cc2)cc1. The highest BCUT2D eigenvalue weighted by atomic mass is 32.2. The van der Waals surface area contributed by atoms with Gasteiger partial charge in [0.05, 0.1) is 11.5 Å². The number of amides is 1. The number of rotatable bonds is 9. The number of carbonyl (C=O) groups excluding carboxylic acids is 1. The van der Waals surface area contributed by atoms with E-state index < -0.39 is 10.0 Å². The Balaban J connectivity index is 1.64. The van der Waals surface area contributed by atoms with Gasteiger partial charge in [0, 0.05) is 23.8 Å². The van der Waals surface area contributed by atoms with Crippen LogP contribution in [0.15, 0.2) is 53.4 Å². The highest BCUT2D eigenvalue weighted by Gasteiger charge is 2.32. The molecule has 1 aliphatic heterocycles. The average Bonchev–Trinajstić information content (AvgIpc) is 2.80. The molecule has 0 unspecified atom stereocenters. The van der Waals surface area contributed by atoms with Gasteiger partial charge in [0.2, 0.25) is 10.0 Å². The van der Waals surface area contributed by atoms with Gasteiger partial charge in [-0.15, -0.1) is 0 Å². The van der Waals surface area contributed by atoms with E-state index in [0.29, 0.717) is 24.4 Å². The lowest BCUT2D eigenvalue weighted by Crippen LogP contribution is -2.43. The van der Waals surface area contributed by atoms with Crippen LogP contribution in [0.2, 0.25) is 0 Å². The van der Waals surface area contributed by atoms with Crippen molar-refractivity contribution >= 4 is 21.6 Å². The third kappa shape index (κ3) is 5.86. The molecule has 1 amide bonds. The van der Waals surface area contributed by atoms with Crippen molar-refractivity contribution in [2.24, 2.45) is 0 Å². The standard InChI is InChI=1S/C24H32N2O4S/c1-3-5-18-30-22-13-9-19(10-14-22)24(27)25-20-11-15-23(16-12-20)31(28,29)26-17-7-6-8-21(26)4-2/h9-16,21H,3-8,17-18H2,1-2H3,(H,25,27)/t21-/m0/s1. The molecule has 0 radical (unpaired) electrons. The van der Waals surface area contributed by atoms with Gasteiger partial charge in [-0.3, -0.25) is 4.79 Å². The summed E-state index contributed by atoms with van der Waals surface area (Å²) in [6.07, 6.45) is 5.75. The number of unbranched alkanes of at least 4 members (excludes halogenated alkanes) is 1. The lowest BCUT2D eigenvalue weighted by molar-refractivity contribution is 0.102. The number of nitrogens with zero attached hydrogens (tertiary/aromatic N) is 1. The number of nitrogens with one attached hydrogen (secondary N) is 1. The third-order valence-electron chi connectivity index (χ3n) is 5.65. The lowest BCUT2D eigenvalue weighted by Gasteiger charge is -2.34. The van der Waals surface area contributed by atoms with Crippen LogP contribution in [0.4, 0.5) is 5.69 Å². The van der Waals surface area contributed by atoms with E-state index >= 15 is 0 Å². The van der Waals surface area contributed by atoms with E-state index in [1.807, 2.05) is 6.92 Å². The Kier molecular flexibility index (Phi) is 8.09. The Hall–Kier alpha value is -2.38. The summed E-state index contributed by atoms with van der Waals surface area (Å²) in [5, 5.41) is 2.82. The quantitative estimate of drug-likeness (QED) is 0.548. The number of carbonyl (C=O) groups is 1. The highest BCUT2D eigenvalue weighted by molar-refractivity contribution is 7.89. The van der Waals surface area contributed by atoms with Crippen molar-refractivity contribution in [3.63, 3.8) is 0 Å². The largest absolute Gasteiger partial charge is 0.494 e. The highest BCUT2D eigenvalue weighted by Crippen LogP contribution is 2.27. The van der Waals surface area contributed by atoms with Gasteiger partial charge < -0.3 is 10.1 Å². The number of piperidine rings is 1. The molecule has 0 saturated carbocycles. The molecule has 0 bridgehead atoms. The summed E-state index contributed by atoms with van der Waals surface area (Å²) in [7, 11) is -3.53. The van der Waals surface area contributed by atoms with E-state index in [2.05, 4.69) is 12.2 Å². The summed E-state index contributed by atoms with van der Waals surface area (Å²) in [6, 6.07) is 13.5. The zero-order valence-corrected chi connectivity index (χ0v) is 19.2. The van der Waals surface area contributed by atoms with Crippen molar-refractivity contribution in [2.45, 2.75) is 63.3 Å². The first kappa shape index (κ1) is 23.3. The lowest BCUT2D eigenvalue weighted by atomic mass is 10.0. The second-order valence-corrected chi connectivity index (χ2v) is 9.77. The molecule has 31 heavy (non-hydrogen) atoms. The van der Waals surface area contributed by atoms with E-state index in [1.54, 1.807) is 52.8 Å². The number of anilines is 1. The number of benzene rings is 2.